The molecule has 1 atom stereocenters. The molecule has 0 aromatic heterocycles. The zero-order chi connectivity index (χ0) is 28.4. The average molecular weight is 593 g/mol. The second kappa shape index (κ2) is 11.8. The summed E-state index contributed by atoms with van der Waals surface area (Å²) >= 11 is 12.3. The molecule has 0 radical (unpaired) electrons. The molecule has 0 bridgehead atoms. The topological polar surface area (TPSA) is 82.1 Å². The quantitative estimate of drug-likeness (QED) is 0.257. The molecule has 1 aliphatic rings. The maximum atomic E-state index is 13.7. The smallest absolute Gasteiger partial charge is 0.344 e. The molecule has 0 saturated carbocycles. The fourth-order valence-corrected chi connectivity index (χ4v) is 6.30. The summed E-state index contributed by atoms with van der Waals surface area (Å²) < 4.78 is 45.6. The first-order valence-electron chi connectivity index (χ1n) is 12.5. The van der Waals surface area contributed by atoms with Crippen LogP contribution in [-0.2, 0) is 26.0 Å². The third kappa shape index (κ3) is 7.06. The highest BCUT2D eigenvalue weighted by atomic mass is 35.5. The Morgan fingerprint density at radius 2 is 1.74 bits per heavy atom. The largest absolute Gasteiger partial charge is 0.482 e. The summed E-state index contributed by atoms with van der Waals surface area (Å²) in [7, 11) is -2.33. The Balaban J connectivity index is 1.53. The first-order valence-corrected chi connectivity index (χ1v) is 14.7. The number of carbonyl (C=O) groups excluding carboxylic acids is 1. The first kappa shape index (κ1) is 29.2. The highest BCUT2D eigenvalue weighted by Crippen LogP contribution is 2.41. The minimum atomic E-state index is -3.90. The summed E-state index contributed by atoms with van der Waals surface area (Å²) in [5.74, 6) is 0.945. The van der Waals surface area contributed by atoms with Crippen LogP contribution in [0.15, 0.2) is 65.6 Å². The SMILES string of the molecule is CN(C1CCCc2c(OCC(=O)OC(C)(C)C)cccc21)S(=O)(=O)c1ccc(Oc2ccc(Cl)cc2)c(Cl)c1. The normalized spacial score (nSPS) is 15.5. The number of fused-ring (bicyclic) bond motifs is 1. The van der Waals surface area contributed by atoms with Gasteiger partial charge in [-0.15, -0.1) is 0 Å². The van der Waals surface area contributed by atoms with Crippen molar-refractivity contribution in [1.82, 2.24) is 4.31 Å². The lowest BCUT2D eigenvalue weighted by Gasteiger charge is -2.33. The second-order valence-corrected chi connectivity index (χ2v) is 13.1. The number of halogens is 2. The Kier molecular flexibility index (Phi) is 8.81. The second-order valence-electron chi connectivity index (χ2n) is 10.3. The monoisotopic (exact) mass is 591 g/mol. The number of benzene rings is 3. The van der Waals surface area contributed by atoms with E-state index in [-0.39, 0.29) is 16.5 Å². The molecule has 0 aliphatic heterocycles. The molecule has 1 unspecified atom stereocenters. The van der Waals surface area contributed by atoms with Crippen LogP contribution >= 0.6 is 23.2 Å². The number of sulfonamides is 1. The Bertz CT molecular complexity index is 1450. The molecule has 0 saturated heterocycles. The number of rotatable bonds is 8. The molecule has 0 N–H and O–H groups in total. The van der Waals surface area contributed by atoms with Crippen LogP contribution in [0.4, 0.5) is 0 Å². The van der Waals surface area contributed by atoms with Gasteiger partial charge in [0.1, 0.15) is 22.8 Å². The van der Waals surface area contributed by atoms with Crippen molar-refractivity contribution in [2.45, 2.75) is 56.6 Å². The summed E-state index contributed by atoms with van der Waals surface area (Å²) in [5, 5.41) is 0.741. The van der Waals surface area contributed by atoms with Gasteiger partial charge in [-0.2, -0.15) is 4.31 Å². The van der Waals surface area contributed by atoms with Crippen LogP contribution in [0.2, 0.25) is 10.0 Å². The van der Waals surface area contributed by atoms with E-state index in [0.29, 0.717) is 35.1 Å². The maximum Gasteiger partial charge on any atom is 0.344 e. The number of ether oxygens (including phenoxy) is 3. The van der Waals surface area contributed by atoms with E-state index in [1.54, 1.807) is 58.2 Å². The highest BCUT2D eigenvalue weighted by molar-refractivity contribution is 7.89. The van der Waals surface area contributed by atoms with E-state index in [0.717, 1.165) is 17.5 Å². The molecule has 208 valence electrons. The van der Waals surface area contributed by atoms with E-state index < -0.39 is 27.6 Å². The lowest BCUT2D eigenvalue weighted by atomic mass is 9.87. The number of nitrogens with zero attached hydrogens (tertiary/aromatic N) is 1. The third-order valence-corrected chi connectivity index (χ3v) is 8.67. The molecular weight excluding hydrogens is 561 g/mol. The van der Waals surface area contributed by atoms with E-state index in [4.69, 9.17) is 37.4 Å². The van der Waals surface area contributed by atoms with E-state index in [2.05, 4.69) is 0 Å². The minimum Gasteiger partial charge on any atom is -0.482 e. The fraction of sp³-hybridized carbons (Fsp3) is 0.345. The van der Waals surface area contributed by atoms with Crippen molar-refractivity contribution in [2.24, 2.45) is 0 Å². The summed E-state index contributed by atoms with van der Waals surface area (Å²) in [6.45, 7) is 5.16. The van der Waals surface area contributed by atoms with Crippen molar-refractivity contribution < 1.29 is 27.4 Å². The molecule has 10 heteroatoms. The van der Waals surface area contributed by atoms with Crippen molar-refractivity contribution in [3.63, 3.8) is 0 Å². The molecule has 0 amide bonds. The third-order valence-electron chi connectivity index (χ3n) is 6.26. The van der Waals surface area contributed by atoms with Gasteiger partial charge in [-0.25, -0.2) is 13.2 Å². The van der Waals surface area contributed by atoms with Crippen molar-refractivity contribution in [1.29, 1.82) is 0 Å². The minimum absolute atomic E-state index is 0.0582. The van der Waals surface area contributed by atoms with Crippen molar-refractivity contribution in [3.8, 4) is 17.2 Å². The van der Waals surface area contributed by atoms with Crippen LogP contribution < -0.4 is 9.47 Å². The van der Waals surface area contributed by atoms with Gasteiger partial charge in [0.15, 0.2) is 6.61 Å². The molecule has 0 spiro atoms. The lowest BCUT2D eigenvalue weighted by Crippen LogP contribution is -2.33. The number of hydrogen-bond acceptors (Lipinski definition) is 6. The Morgan fingerprint density at radius 1 is 1.03 bits per heavy atom. The zero-order valence-corrected chi connectivity index (χ0v) is 24.6. The molecule has 3 aromatic carbocycles. The standard InChI is InChI=1S/C29H31Cl2NO6S/c1-29(2,3)38-28(33)18-36-26-10-6-7-22-23(26)8-5-9-25(22)32(4)39(34,35)21-15-16-27(24(31)17-21)37-20-13-11-19(30)12-14-20/h6-7,10-17,25H,5,8-9,18H2,1-4H3. The van der Waals surface area contributed by atoms with Crippen LogP contribution in [-0.4, -0.2) is 37.9 Å². The van der Waals surface area contributed by atoms with Gasteiger partial charge < -0.3 is 14.2 Å². The van der Waals surface area contributed by atoms with E-state index in [1.165, 1.54) is 22.5 Å². The van der Waals surface area contributed by atoms with Gasteiger partial charge in [0.2, 0.25) is 10.0 Å². The maximum absolute atomic E-state index is 13.7. The van der Waals surface area contributed by atoms with Gasteiger partial charge in [0.25, 0.3) is 0 Å². The zero-order valence-electron chi connectivity index (χ0n) is 22.2. The molecule has 0 heterocycles. The van der Waals surface area contributed by atoms with Crippen molar-refractivity contribution in [3.05, 3.63) is 81.8 Å². The summed E-state index contributed by atoms with van der Waals surface area (Å²) in [6.07, 6.45) is 2.12. The summed E-state index contributed by atoms with van der Waals surface area (Å²) in [6, 6.07) is 16.3. The predicted molar refractivity (Wildman–Crippen MR) is 151 cm³/mol. The van der Waals surface area contributed by atoms with Crippen LogP contribution in [0.5, 0.6) is 17.2 Å². The molecule has 4 rings (SSSR count). The molecule has 0 fully saturated rings. The van der Waals surface area contributed by atoms with Crippen molar-refractivity contribution in [2.75, 3.05) is 13.7 Å². The predicted octanol–water partition coefficient (Wildman–Crippen LogP) is 7.20. The van der Waals surface area contributed by atoms with E-state index >= 15 is 0 Å². The summed E-state index contributed by atoms with van der Waals surface area (Å²) in [5.41, 5.74) is 1.13. The van der Waals surface area contributed by atoms with Gasteiger partial charge in [-0.05, 0) is 99.7 Å². The molecular formula is C29H31Cl2NO6S. The van der Waals surface area contributed by atoms with Gasteiger partial charge in [0, 0.05) is 12.1 Å². The average Bonchev–Trinajstić information content (AvgIpc) is 2.88. The van der Waals surface area contributed by atoms with Crippen LogP contribution in [0.25, 0.3) is 0 Å². The van der Waals surface area contributed by atoms with Gasteiger partial charge >= 0.3 is 5.97 Å². The Labute approximate surface area is 239 Å². The van der Waals surface area contributed by atoms with E-state index in [1.807, 2.05) is 12.1 Å². The molecule has 39 heavy (non-hydrogen) atoms. The molecule has 3 aromatic rings. The summed E-state index contributed by atoms with van der Waals surface area (Å²) in [4.78, 5) is 12.2. The van der Waals surface area contributed by atoms with Gasteiger partial charge in [-0.1, -0.05) is 35.3 Å². The van der Waals surface area contributed by atoms with E-state index in [9.17, 15) is 13.2 Å². The van der Waals surface area contributed by atoms with Crippen LogP contribution in [0, 0.1) is 0 Å². The first-order chi connectivity index (χ1) is 18.3. The van der Waals surface area contributed by atoms with Gasteiger partial charge in [-0.3, -0.25) is 0 Å². The van der Waals surface area contributed by atoms with Crippen molar-refractivity contribution >= 4 is 39.2 Å². The number of esters is 1. The van der Waals surface area contributed by atoms with Crippen LogP contribution in [0.1, 0.15) is 50.8 Å². The lowest BCUT2D eigenvalue weighted by molar-refractivity contribution is -0.157. The Hall–Kier alpha value is -2.78. The molecule has 7 nitrogen and oxygen atoms in total. The molecule has 1 aliphatic carbocycles. The number of carbonyl (C=O) groups is 1. The highest BCUT2D eigenvalue weighted by Gasteiger charge is 2.33. The Morgan fingerprint density at radius 3 is 2.41 bits per heavy atom. The number of hydrogen-bond donors (Lipinski definition) is 0. The van der Waals surface area contributed by atoms with Crippen LogP contribution in [0.3, 0.4) is 0 Å². The fourth-order valence-electron chi connectivity index (χ4n) is 4.50. The van der Waals surface area contributed by atoms with Gasteiger partial charge in [0.05, 0.1) is 16.0 Å².